The molecule has 1 N–H and O–H groups in total. The summed E-state index contributed by atoms with van der Waals surface area (Å²) >= 11 is 0. The largest absolute Gasteiger partial charge is 0.478 e. The molecule has 0 aliphatic rings. The Labute approximate surface area is 93.8 Å². The van der Waals surface area contributed by atoms with Crippen LogP contribution in [-0.2, 0) is 11.3 Å². The third-order valence-electron chi connectivity index (χ3n) is 2.16. The quantitative estimate of drug-likeness (QED) is 0.775. The Morgan fingerprint density at radius 3 is 2.69 bits per heavy atom. The standard InChI is InChI=1S/C12H14FNO2/c1-9(12(15)16)7-14(2)8-10-5-3-4-6-11(10)13/h3-6H,1,7-8H2,2H3,(H,15,16). The summed E-state index contributed by atoms with van der Waals surface area (Å²) in [6, 6.07) is 6.43. The van der Waals surface area contributed by atoms with Crippen LogP contribution in [0.1, 0.15) is 5.56 Å². The average molecular weight is 223 g/mol. The third kappa shape index (κ3) is 3.47. The Morgan fingerprint density at radius 2 is 2.12 bits per heavy atom. The van der Waals surface area contributed by atoms with Crippen LogP contribution in [0, 0.1) is 5.82 Å². The van der Waals surface area contributed by atoms with Crippen molar-refractivity contribution in [3.8, 4) is 0 Å². The number of rotatable bonds is 5. The van der Waals surface area contributed by atoms with Gasteiger partial charge in [0.05, 0.1) is 0 Å². The van der Waals surface area contributed by atoms with Crippen molar-refractivity contribution >= 4 is 5.97 Å². The van der Waals surface area contributed by atoms with Gasteiger partial charge < -0.3 is 5.11 Å². The van der Waals surface area contributed by atoms with E-state index in [9.17, 15) is 9.18 Å². The van der Waals surface area contributed by atoms with Gasteiger partial charge in [0.15, 0.2) is 0 Å². The second-order valence-electron chi connectivity index (χ2n) is 3.67. The number of aliphatic carboxylic acids is 1. The number of halogens is 1. The van der Waals surface area contributed by atoms with Gasteiger partial charge >= 0.3 is 5.97 Å². The maximum absolute atomic E-state index is 13.3. The summed E-state index contributed by atoms with van der Waals surface area (Å²) in [5.41, 5.74) is 0.641. The molecule has 4 heteroatoms. The van der Waals surface area contributed by atoms with Gasteiger partial charge in [0.1, 0.15) is 5.82 Å². The van der Waals surface area contributed by atoms with Crippen LogP contribution in [0.2, 0.25) is 0 Å². The number of hydrogen-bond acceptors (Lipinski definition) is 2. The van der Waals surface area contributed by atoms with Crippen molar-refractivity contribution in [2.45, 2.75) is 6.54 Å². The molecule has 16 heavy (non-hydrogen) atoms. The minimum absolute atomic E-state index is 0.0961. The fraction of sp³-hybridized carbons (Fsp3) is 0.250. The molecule has 0 aliphatic carbocycles. The van der Waals surface area contributed by atoms with Gasteiger partial charge in [0, 0.05) is 24.2 Å². The smallest absolute Gasteiger partial charge is 0.332 e. The number of nitrogens with zero attached hydrogens (tertiary/aromatic N) is 1. The van der Waals surface area contributed by atoms with Crippen LogP contribution in [0.15, 0.2) is 36.4 Å². The van der Waals surface area contributed by atoms with E-state index in [-0.39, 0.29) is 17.9 Å². The molecule has 0 aromatic heterocycles. The Balaban J connectivity index is 2.58. The van der Waals surface area contributed by atoms with Crippen molar-refractivity contribution in [3.63, 3.8) is 0 Å². The summed E-state index contributed by atoms with van der Waals surface area (Å²) < 4.78 is 13.3. The molecule has 0 amide bonds. The van der Waals surface area contributed by atoms with Crippen molar-refractivity contribution in [2.24, 2.45) is 0 Å². The summed E-state index contributed by atoms with van der Waals surface area (Å²) in [5.74, 6) is -1.31. The van der Waals surface area contributed by atoms with E-state index in [1.807, 2.05) is 0 Å². The summed E-state index contributed by atoms with van der Waals surface area (Å²) in [7, 11) is 1.72. The van der Waals surface area contributed by atoms with Gasteiger partial charge in [-0.2, -0.15) is 0 Å². The van der Waals surface area contributed by atoms with Crippen LogP contribution < -0.4 is 0 Å². The summed E-state index contributed by atoms with van der Waals surface area (Å²) in [6.45, 7) is 4.00. The molecule has 86 valence electrons. The molecule has 0 heterocycles. The molecule has 0 fully saturated rings. The molecular formula is C12H14FNO2. The van der Waals surface area contributed by atoms with Gasteiger partial charge in [0.25, 0.3) is 0 Å². The number of carboxylic acid groups (broad SMARTS) is 1. The minimum atomic E-state index is -1.03. The van der Waals surface area contributed by atoms with E-state index in [1.165, 1.54) is 6.07 Å². The summed E-state index contributed by atoms with van der Waals surface area (Å²) in [6.07, 6.45) is 0. The zero-order valence-corrected chi connectivity index (χ0v) is 9.11. The first-order valence-electron chi connectivity index (χ1n) is 4.83. The minimum Gasteiger partial charge on any atom is -0.478 e. The maximum Gasteiger partial charge on any atom is 0.332 e. The number of likely N-dealkylation sites (N-methyl/N-ethyl adjacent to an activating group) is 1. The monoisotopic (exact) mass is 223 g/mol. The number of benzene rings is 1. The van der Waals surface area contributed by atoms with Gasteiger partial charge in [-0.1, -0.05) is 24.8 Å². The van der Waals surface area contributed by atoms with Crippen LogP contribution in [0.25, 0.3) is 0 Å². The second kappa shape index (κ2) is 5.42. The van der Waals surface area contributed by atoms with Gasteiger partial charge in [-0.25, -0.2) is 9.18 Å². The molecule has 3 nitrogen and oxygen atoms in total. The lowest BCUT2D eigenvalue weighted by molar-refractivity contribution is -0.132. The Hall–Kier alpha value is -1.68. The maximum atomic E-state index is 13.3. The third-order valence-corrected chi connectivity index (χ3v) is 2.16. The van der Waals surface area contributed by atoms with E-state index in [4.69, 9.17) is 5.11 Å². The lowest BCUT2D eigenvalue weighted by atomic mass is 10.2. The van der Waals surface area contributed by atoms with Crippen molar-refractivity contribution in [1.82, 2.24) is 4.90 Å². The van der Waals surface area contributed by atoms with Gasteiger partial charge in [-0.05, 0) is 13.1 Å². The van der Waals surface area contributed by atoms with E-state index in [2.05, 4.69) is 6.58 Å². The van der Waals surface area contributed by atoms with Crippen LogP contribution >= 0.6 is 0 Å². The first kappa shape index (κ1) is 12.4. The van der Waals surface area contributed by atoms with Crippen LogP contribution in [0.3, 0.4) is 0 Å². The fourth-order valence-electron chi connectivity index (χ4n) is 1.37. The first-order chi connectivity index (χ1) is 7.50. The second-order valence-corrected chi connectivity index (χ2v) is 3.67. The normalized spacial score (nSPS) is 10.4. The van der Waals surface area contributed by atoms with Gasteiger partial charge in [-0.15, -0.1) is 0 Å². The van der Waals surface area contributed by atoms with E-state index in [0.717, 1.165) is 0 Å². The molecule has 0 saturated carbocycles. The van der Waals surface area contributed by atoms with Crippen LogP contribution in [0.4, 0.5) is 4.39 Å². The Kier molecular flexibility index (Phi) is 4.19. The van der Waals surface area contributed by atoms with Crippen molar-refractivity contribution < 1.29 is 14.3 Å². The lowest BCUT2D eigenvalue weighted by Crippen LogP contribution is -2.23. The van der Waals surface area contributed by atoms with Crippen LogP contribution in [0.5, 0.6) is 0 Å². The molecule has 0 radical (unpaired) electrons. The zero-order chi connectivity index (χ0) is 12.1. The molecule has 0 saturated heterocycles. The predicted octanol–water partition coefficient (Wildman–Crippen LogP) is 1.90. The Morgan fingerprint density at radius 1 is 1.50 bits per heavy atom. The highest BCUT2D eigenvalue weighted by Crippen LogP contribution is 2.09. The molecule has 1 aromatic carbocycles. The topological polar surface area (TPSA) is 40.5 Å². The van der Waals surface area contributed by atoms with E-state index in [1.54, 1.807) is 30.1 Å². The number of carboxylic acids is 1. The molecule has 0 aliphatic heterocycles. The van der Waals surface area contributed by atoms with Crippen molar-refractivity contribution in [3.05, 3.63) is 47.8 Å². The highest BCUT2D eigenvalue weighted by Gasteiger charge is 2.09. The van der Waals surface area contributed by atoms with Crippen molar-refractivity contribution in [2.75, 3.05) is 13.6 Å². The average Bonchev–Trinajstić information content (AvgIpc) is 2.21. The van der Waals surface area contributed by atoms with Crippen molar-refractivity contribution in [1.29, 1.82) is 0 Å². The van der Waals surface area contributed by atoms with E-state index in [0.29, 0.717) is 12.1 Å². The molecule has 1 rings (SSSR count). The zero-order valence-electron chi connectivity index (χ0n) is 9.11. The molecule has 1 aromatic rings. The molecule has 0 bridgehead atoms. The molecule has 0 spiro atoms. The molecule has 0 unspecified atom stereocenters. The summed E-state index contributed by atoms with van der Waals surface area (Å²) in [4.78, 5) is 12.3. The predicted molar refractivity (Wildman–Crippen MR) is 59.5 cm³/mol. The summed E-state index contributed by atoms with van der Waals surface area (Å²) in [5, 5.41) is 8.65. The lowest BCUT2D eigenvalue weighted by Gasteiger charge is -2.16. The number of hydrogen-bond donors (Lipinski definition) is 1. The highest BCUT2D eigenvalue weighted by molar-refractivity contribution is 5.86. The van der Waals surface area contributed by atoms with Crippen LogP contribution in [-0.4, -0.2) is 29.6 Å². The Bertz CT molecular complexity index is 404. The molecule has 0 atom stereocenters. The molecular weight excluding hydrogens is 209 g/mol. The SMILES string of the molecule is C=C(CN(C)Cc1ccccc1F)C(=O)O. The first-order valence-corrected chi connectivity index (χ1v) is 4.83. The number of carbonyl (C=O) groups is 1. The van der Waals surface area contributed by atoms with E-state index >= 15 is 0 Å². The van der Waals surface area contributed by atoms with Gasteiger partial charge in [-0.3, -0.25) is 4.90 Å². The fourth-order valence-corrected chi connectivity index (χ4v) is 1.37. The van der Waals surface area contributed by atoms with Gasteiger partial charge in [0.2, 0.25) is 0 Å². The van der Waals surface area contributed by atoms with E-state index < -0.39 is 5.97 Å². The highest BCUT2D eigenvalue weighted by atomic mass is 19.1.